The van der Waals surface area contributed by atoms with Crippen LogP contribution in [0.3, 0.4) is 0 Å². The van der Waals surface area contributed by atoms with Gasteiger partial charge in [0.05, 0.1) is 6.61 Å². The summed E-state index contributed by atoms with van der Waals surface area (Å²) in [6.45, 7) is 4.08. The number of likely N-dealkylation sites (N-methyl/N-ethyl adjacent to an activating group) is 1. The minimum atomic E-state index is -0.685. The average Bonchev–Trinajstić information content (AvgIpc) is 2.53. The number of terminal acetylenes is 1. The summed E-state index contributed by atoms with van der Waals surface area (Å²) in [5.41, 5.74) is 0. The molecule has 0 aliphatic rings. The van der Waals surface area contributed by atoms with Crippen LogP contribution in [0.4, 0.5) is 4.79 Å². The predicted octanol–water partition coefficient (Wildman–Crippen LogP) is 3.37. The van der Waals surface area contributed by atoms with Gasteiger partial charge in [0, 0.05) is 7.05 Å². The molecule has 0 aromatic rings. The molecular formula is C17H29NO4. The molecule has 0 aliphatic carbocycles. The average molecular weight is 311 g/mol. The summed E-state index contributed by atoms with van der Waals surface area (Å²) in [6.07, 6.45) is 12.5. The number of unbranched alkanes of at least 4 members (excludes halogenated alkanes) is 6. The van der Waals surface area contributed by atoms with E-state index >= 15 is 0 Å². The summed E-state index contributed by atoms with van der Waals surface area (Å²) < 4.78 is 9.94. The lowest BCUT2D eigenvalue weighted by Crippen LogP contribution is -2.41. The summed E-state index contributed by atoms with van der Waals surface area (Å²) in [6, 6.07) is -0.685. The summed E-state index contributed by atoms with van der Waals surface area (Å²) in [5, 5.41) is 0. The van der Waals surface area contributed by atoms with Gasteiger partial charge in [0.1, 0.15) is 6.04 Å². The molecule has 0 aromatic carbocycles. The molecule has 5 heteroatoms. The van der Waals surface area contributed by atoms with Gasteiger partial charge < -0.3 is 9.47 Å². The molecule has 1 amide bonds. The molecule has 5 nitrogen and oxygen atoms in total. The first-order chi connectivity index (χ1) is 10.5. The van der Waals surface area contributed by atoms with Crippen LogP contribution in [0.15, 0.2) is 0 Å². The summed E-state index contributed by atoms with van der Waals surface area (Å²) in [5.74, 6) is 1.78. The SMILES string of the molecule is C#CCOC(=O)N(C)C(C)C(=O)OCCCCCCCCC. The van der Waals surface area contributed by atoms with E-state index in [0.717, 1.165) is 12.8 Å². The van der Waals surface area contributed by atoms with Crippen molar-refractivity contribution in [3.8, 4) is 12.3 Å². The van der Waals surface area contributed by atoms with Crippen LogP contribution in [0.5, 0.6) is 0 Å². The van der Waals surface area contributed by atoms with Crippen molar-refractivity contribution in [1.82, 2.24) is 4.90 Å². The second kappa shape index (κ2) is 13.0. The molecule has 22 heavy (non-hydrogen) atoms. The highest BCUT2D eigenvalue weighted by molar-refractivity contribution is 5.80. The first-order valence-electron chi connectivity index (χ1n) is 8.04. The lowest BCUT2D eigenvalue weighted by molar-refractivity contribution is -0.148. The Labute approximate surface area is 134 Å². The predicted molar refractivity (Wildman–Crippen MR) is 86.4 cm³/mol. The Hall–Kier alpha value is -1.70. The van der Waals surface area contributed by atoms with Gasteiger partial charge in [-0.05, 0) is 13.3 Å². The quantitative estimate of drug-likeness (QED) is 0.333. The number of carbonyl (C=O) groups excluding carboxylic acids is 2. The second-order valence-corrected chi connectivity index (χ2v) is 5.33. The third-order valence-corrected chi connectivity index (χ3v) is 3.48. The van der Waals surface area contributed by atoms with E-state index in [1.807, 2.05) is 0 Å². The van der Waals surface area contributed by atoms with Gasteiger partial charge in [-0.3, -0.25) is 4.90 Å². The van der Waals surface area contributed by atoms with Crippen molar-refractivity contribution in [2.45, 2.75) is 64.8 Å². The van der Waals surface area contributed by atoms with Crippen molar-refractivity contribution in [3.05, 3.63) is 0 Å². The highest BCUT2D eigenvalue weighted by atomic mass is 16.6. The van der Waals surface area contributed by atoms with Crippen molar-refractivity contribution in [3.63, 3.8) is 0 Å². The third kappa shape index (κ3) is 9.28. The molecule has 0 radical (unpaired) electrons. The van der Waals surface area contributed by atoms with Gasteiger partial charge in [-0.2, -0.15) is 0 Å². The van der Waals surface area contributed by atoms with Gasteiger partial charge in [-0.1, -0.05) is 51.4 Å². The lowest BCUT2D eigenvalue weighted by atomic mass is 10.1. The zero-order valence-corrected chi connectivity index (χ0v) is 14.1. The maximum Gasteiger partial charge on any atom is 0.411 e. The summed E-state index contributed by atoms with van der Waals surface area (Å²) in [7, 11) is 1.48. The molecule has 1 unspecified atom stereocenters. The fourth-order valence-corrected chi connectivity index (χ4v) is 1.87. The Balaban J connectivity index is 3.78. The lowest BCUT2D eigenvalue weighted by Gasteiger charge is -2.22. The molecule has 126 valence electrons. The maximum atomic E-state index is 11.8. The normalized spacial score (nSPS) is 11.4. The second-order valence-electron chi connectivity index (χ2n) is 5.33. The molecular weight excluding hydrogens is 282 g/mol. The fraction of sp³-hybridized carbons (Fsp3) is 0.765. The van der Waals surface area contributed by atoms with E-state index < -0.39 is 18.1 Å². The van der Waals surface area contributed by atoms with E-state index in [-0.39, 0.29) is 6.61 Å². The first-order valence-corrected chi connectivity index (χ1v) is 8.04. The van der Waals surface area contributed by atoms with Crippen molar-refractivity contribution in [2.75, 3.05) is 20.3 Å². The van der Waals surface area contributed by atoms with Gasteiger partial charge >= 0.3 is 12.1 Å². The number of carbonyl (C=O) groups is 2. The standard InChI is InChI=1S/C17H29NO4/c1-5-7-8-9-10-11-12-14-21-16(19)15(3)18(4)17(20)22-13-6-2/h2,15H,5,7-14H2,1,3-4H3. The van der Waals surface area contributed by atoms with E-state index in [2.05, 4.69) is 12.8 Å². The Morgan fingerprint density at radius 3 is 2.27 bits per heavy atom. The van der Waals surface area contributed by atoms with Crippen LogP contribution >= 0.6 is 0 Å². The molecule has 1 atom stereocenters. The number of hydrogen-bond donors (Lipinski definition) is 0. The number of rotatable bonds is 11. The van der Waals surface area contributed by atoms with Crippen LogP contribution in [-0.2, 0) is 14.3 Å². The van der Waals surface area contributed by atoms with Crippen LogP contribution in [0.1, 0.15) is 58.8 Å². The molecule has 0 spiro atoms. The van der Waals surface area contributed by atoms with Crippen LogP contribution < -0.4 is 0 Å². The number of amides is 1. The molecule has 0 bridgehead atoms. The molecule has 0 aromatic heterocycles. The van der Waals surface area contributed by atoms with Crippen LogP contribution in [0, 0.1) is 12.3 Å². The summed E-state index contributed by atoms with van der Waals surface area (Å²) in [4.78, 5) is 24.6. The topological polar surface area (TPSA) is 55.8 Å². The Kier molecular flexibility index (Phi) is 12.0. The zero-order chi connectivity index (χ0) is 16.8. The highest BCUT2D eigenvalue weighted by Gasteiger charge is 2.24. The van der Waals surface area contributed by atoms with Gasteiger partial charge in [0.15, 0.2) is 6.61 Å². The van der Waals surface area contributed by atoms with E-state index in [9.17, 15) is 9.59 Å². The third-order valence-electron chi connectivity index (χ3n) is 3.48. The monoisotopic (exact) mass is 311 g/mol. The van der Waals surface area contributed by atoms with Crippen molar-refractivity contribution >= 4 is 12.1 Å². The molecule has 0 aliphatic heterocycles. The molecule has 0 saturated heterocycles. The fourth-order valence-electron chi connectivity index (χ4n) is 1.87. The van der Waals surface area contributed by atoms with Crippen LogP contribution in [-0.4, -0.2) is 43.3 Å². The molecule has 0 rings (SSSR count). The Morgan fingerprint density at radius 2 is 1.68 bits per heavy atom. The number of esters is 1. The summed E-state index contributed by atoms with van der Waals surface area (Å²) >= 11 is 0. The Morgan fingerprint density at radius 1 is 1.09 bits per heavy atom. The van der Waals surface area contributed by atoms with Gasteiger partial charge in [-0.15, -0.1) is 6.42 Å². The van der Waals surface area contributed by atoms with E-state index in [1.54, 1.807) is 6.92 Å². The zero-order valence-electron chi connectivity index (χ0n) is 14.1. The van der Waals surface area contributed by atoms with Crippen LogP contribution in [0.25, 0.3) is 0 Å². The van der Waals surface area contributed by atoms with Gasteiger partial charge in [-0.25, -0.2) is 9.59 Å². The van der Waals surface area contributed by atoms with Crippen molar-refractivity contribution in [1.29, 1.82) is 0 Å². The van der Waals surface area contributed by atoms with Gasteiger partial charge in [0.2, 0.25) is 0 Å². The molecule has 0 saturated carbocycles. The largest absolute Gasteiger partial charge is 0.464 e. The number of hydrogen-bond acceptors (Lipinski definition) is 4. The highest BCUT2D eigenvalue weighted by Crippen LogP contribution is 2.08. The molecule has 0 heterocycles. The molecule has 0 fully saturated rings. The van der Waals surface area contributed by atoms with Gasteiger partial charge in [0.25, 0.3) is 0 Å². The smallest absolute Gasteiger partial charge is 0.411 e. The van der Waals surface area contributed by atoms with E-state index in [1.165, 1.54) is 44.1 Å². The van der Waals surface area contributed by atoms with Crippen molar-refractivity contribution in [2.24, 2.45) is 0 Å². The number of ether oxygens (including phenoxy) is 2. The molecule has 0 N–H and O–H groups in total. The number of nitrogens with zero attached hydrogens (tertiary/aromatic N) is 1. The maximum absolute atomic E-state index is 11.8. The van der Waals surface area contributed by atoms with Crippen LogP contribution in [0.2, 0.25) is 0 Å². The van der Waals surface area contributed by atoms with E-state index in [4.69, 9.17) is 15.9 Å². The van der Waals surface area contributed by atoms with E-state index in [0.29, 0.717) is 6.61 Å². The Bertz CT molecular complexity index is 362. The minimum Gasteiger partial charge on any atom is -0.464 e. The minimum absolute atomic E-state index is 0.108. The first kappa shape index (κ1) is 20.3. The van der Waals surface area contributed by atoms with Crippen molar-refractivity contribution < 1.29 is 19.1 Å².